The summed E-state index contributed by atoms with van der Waals surface area (Å²) in [4.78, 5) is 3.42. The maximum absolute atomic E-state index is 13.1. The molecule has 2 fully saturated rings. The lowest BCUT2D eigenvalue weighted by molar-refractivity contribution is -0.0890. The van der Waals surface area contributed by atoms with Gasteiger partial charge in [-0.2, -0.15) is 13.2 Å². The standard InChI is InChI=1S/C19H29F3N2S/c20-19(21,22)16-12-15(18-17(13-16)25-14-23-18)8-4-1-2-5-9-24-10-6-3-7-11-24/h12-13,15,18,23H,1-11,14H2. The van der Waals surface area contributed by atoms with Crippen molar-refractivity contribution >= 4 is 11.8 Å². The normalized spacial score (nSPS) is 27.8. The lowest BCUT2D eigenvalue weighted by Gasteiger charge is -2.27. The van der Waals surface area contributed by atoms with E-state index in [1.54, 1.807) is 0 Å². The molecule has 3 aliphatic rings. The van der Waals surface area contributed by atoms with E-state index in [-0.39, 0.29) is 12.0 Å². The Kier molecular flexibility index (Phi) is 6.92. The molecule has 6 heteroatoms. The van der Waals surface area contributed by atoms with Gasteiger partial charge in [-0.3, -0.25) is 5.32 Å². The summed E-state index contributed by atoms with van der Waals surface area (Å²) in [6.07, 6.45) is 8.00. The average Bonchev–Trinajstić information content (AvgIpc) is 3.06. The Balaban J connectivity index is 1.39. The van der Waals surface area contributed by atoms with Crippen LogP contribution in [-0.4, -0.2) is 42.6 Å². The number of likely N-dealkylation sites (tertiary alicyclic amines) is 1. The van der Waals surface area contributed by atoms with E-state index in [4.69, 9.17) is 0 Å². The maximum Gasteiger partial charge on any atom is 0.416 e. The Bertz CT molecular complexity index is 495. The van der Waals surface area contributed by atoms with Crippen molar-refractivity contribution in [3.63, 3.8) is 0 Å². The lowest BCUT2D eigenvalue weighted by atomic mass is 9.86. The molecule has 2 atom stereocenters. The monoisotopic (exact) mass is 374 g/mol. The number of alkyl halides is 3. The predicted octanol–water partition coefficient (Wildman–Crippen LogP) is 5.09. The van der Waals surface area contributed by atoms with Crippen molar-refractivity contribution in [2.45, 2.75) is 63.6 Å². The number of nitrogens with one attached hydrogen (secondary N) is 1. The zero-order valence-electron chi connectivity index (χ0n) is 14.8. The number of piperidine rings is 1. The summed E-state index contributed by atoms with van der Waals surface area (Å²) in [5.41, 5.74) is -0.454. The third-order valence-electron chi connectivity index (χ3n) is 5.51. The molecule has 2 saturated heterocycles. The van der Waals surface area contributed by atoms with Crippen LogP contribution >= 0.6 is 11.8 Å². The first kappa shape index (κ1) is 19.3. The summed E-state index contributed by atoms with van der Waals surface area (Å²) in [6.45, 7) is 3.68. The Hall–Kier alpha value is -0.460. The molecular formula is C19H29F3N2S. The molecule has 2 nitrogen and oxygen atoms in total. The maximum atomic E-state index is 13.1. The third kappa shape index (κ3) is 5.51. The molecule has 1 aliphatic carbocycles. The number of unbranched alkanes of at least 4 members (excludes halogenated alkanes) is 3. The second-order valence-electron chi connectivity index (χ2n) is 7.41. The van der Waals surface area contributed by atoms with E-state index in [1.165, 1.54) is 75.7 Å². The van der Waals surface area contributed by atoms with Crippen molar-refractivity contribution < 1.29 is 13.2 Å². The van der Waals surface area contributed by atoms with Gasteiger partial charge in [-0.25, -0.2) is 0 Å². The van der Waals surface area contributed by atoms with Crippen molar-refractivity contribution in [1.82, 2.24) is 10.2 Å². The van der Waals surface area contributed by atoms with Gasteiger partial charge in [-0.15, -0.1) is 11.8 Å². The first-order chi connectivity index (χ1) is 12.0. The summed E-state index contributed by atoms with van der Waals surface area (Å²) in [5.74, 6) is 0.704. The van der Waals surface area contributed by atoms with E-state index < -0.39 is 11.7 Å². The van der Waals surface area contributed by atoms with Gasteiger partial charge in [-0.1, -0.05) is 31.8 Å². The van der Waals surface area contributed by atoms with Crippen molar-refractivity contribution in [2.75, 3.05) is 25.5 Å². The van der Waals surface area contributed by atoms with Crippen LogP contribution in [0.5, 0.6) is 0 Å². The van der Waals surface area contributed by atoms with Gasteiger partial charge in [0.05, 0.1) is 5.57 Å². The second kappa shape index (κ2) is 8.96. The van der Waals surface area contributed by atoms with Gasteiger partial charge in [0, 0.05) is 16.8 Å². The molecule has 0 aromatic heterocycles. The van der Waals surface area contributed by atoms with Crippen LogP contribution in [-0.2, 0) is 0 Å². The molecule has 142 valence electrons. The number of thioether (sulfide) groups is 1. The summed E-state index contributed by atoms with van der Waals surface area (Å²) in [7, 11) is 0. The molecule has 0 saturated carbocycles. The van der Waals surface area contributed by atoms with Gasteiger partial charge in [0.1, 0.15) is 0 Å². The quantitative estimate of drug-likeness (QED) is 0.625. The number of rotatable bonds is 7. The SMILES string of the molecule is FC(F)(F)C1=CC(CCCCCCN2CCCCC2)C2NCSC2=C1. The molecule has 25 heavy (non-hydrogen) atoms. The fraction of sp³-hybridized carbons (Fsp3) is 0.789. The summed E-state index contributed by atoms with van der Waals surface area (Å²) < 4.78 is 39.3. The number of halogens is 3. The average molecular weight is 375 g/mol. The molecule has 0 aromatic rings. The van der Waals surface area contributed by atoms with Gasteiger partial charge >= 0.3 is 6.18 Å². The summed E-state index contributed by atoms with van der Waals surface area (Å²) in [5, 5.41) is 3.35. The molecule has 1 N–H and O–H groups in total. The predicted molar refractivity (Wildman–Crippen MR) is 98.5 cm³/mol. The van der Waals surface area contributed by atoms with Crippen LogP contribution in [0.2, 0.25) is 0 Å². The molecule has 2 aliphatic heterocycles. The number of hydrogen-bond acceptors (Lipinski definition) is 3. The topological polar surface area (TPSA) is 15.3 Å². The van der Waals surface area contributed by atoms with Crippen LogP contribution in [0.25, 0.3) is 0 Å². The fourth-order valence-electron chi connectivity index (χ4n) is 4.11. The second-order valence-corrected chi connectivity index (χ2v) is 8.45. The van der Waals surface area contributed by atoms with Crippen LogP contribution in [0.4, 0.5) is 13.2 Å². The van der Waals surface area contributed by atoms with Crippen molar-refractivity contribution in [3.05, 3.63) is 22.6 Å². The number of allylic oxidation sites excluding steroid dienone is 2. The number of nitrogens with zero attached hydrogens (tertiary/aromatic N) is 1. The van der Waals surface area contributed by atoms with Crippen LogP contribution in [0, 0.1) is 5.92 Å². The van der Waals surface area contributed by atoms with Gasteiger partial charge in [0.25, 0.3) is 0 Å². The molecule has 0 amide bonds. The van der Waals surface area contributed by atoms with Gasteiger partial charge in [0.2, 0.25) is 0 Å². The van der Waals surface area contributed by atoms with Crippen molar-refractivity contribution in [1.29, 1.82) is 0 Å². The van der Waals surface area contributed by atoms with E-state index in [1.807, 2.05) is 0 Å². The van der Waals surface area contributed by atoms with Gasteiger partial charge in [0.15, 0.2) is 0 Å². The van der Waals surface area contributed by atoms with Gasteiger partial charge < -0.3 is 4.90 Å². The Morgan fingerprint density at radius 1 is 1.08 bits per heavy atom. The molecule has 3 rings (SSSR count). The molecule has 2 unspecified atom stereocenters. The highest BCUT2D eigenvalue weighted by Crippen LogP contribution is 2.41. The van der Waals surface area contributed by atoms with Crippen LogP contribution in [0.1, 0.15) is 51.4 Å². The first-order valence-corrected chi connectivity index (χ1v) is 10.6. The van der Waals surface area contributed by atoms with Crippen molar-refractivity contribution in [3.8, 4) is 0 Å². The molecule has 0 spiro atoms. The van der Waals surface area contributed by atoms with E-state index in [2.05, 4.69) is 10.2 Å². The summed E-state index contributed by atoms with van der Waals surface area (Å²) >= 11 is 1.52. The van der Waals surface area contributed by atoms with E-state index in [9.17, 15) is 13.2 Å². The smallest absolute Gasteiger partial charge is 0.303 e. The molecule has 0 radical (unpaired) electrons. The Morgan fingerprint density at radius 2 is 1.84 bits per heavy atom. The Labute approximate surface area is 153 Å². The molecule has 2 heterocycles. The molecule has 0 aromatic carbocycles. The number of hydrogen-bond donors (Lipinski definition) is 1. The highest BCUT2D eigenvalue weighted by atomic mass is 32.2. The lowest BCUT2D eigenvalue weighted by Crippen LogP contribution is -2.33. The molecular weight excluding hydrogens is 345 g/mol. The zero-order chi connectivity index (χ0) is 17.7. The largest absolute Gasteiger partial charge is 0.416 e. The van der Waals surface area contributed by atoms with E-state index in [0.29, 0.717) is 0 Å². The van der Waals surface area contributed by atoms with E-state index in [0.717, 1.165) is 30.0 Å². The summed E-state index contributed by atoms with van der Waals surface area (Å²) in [6, 6.07) is 0.101. The van der Waals surface area contributed by atoms with Crippen LogP contribution in [0.15, 0.2) is 22.6 Å². The highest BCUT2D eigenvalue weighted by Gasteiger charge is 2.39. The minimum atomic E-state index is -4.23. The minimum Gasteiger partial charge on any atom is -0.303 e. The van der Waals surface area contributed by atoms with Gasteiger partial charge in [-0.05, 0) is 57.3 Å². The van der Waals surface area contributed by atoms with E-state index >= 15 is 0 Å². The van der Waals surface area contributed by atoms with Crippen molar-refractivity contribution in [2.24, 2.45) is 5.92 Å². The minimum absolute atomic E-state index is 0.0197. The van der Waals surface area contributed by atoms with Crippen LogP contribution in [0.3, 0.4) is 0 Å². The Morgan fingerprint density at radius 3 is 2.60 bits per heavy atom. The molecule has 0 bridgehead atoms. The third-order valence-corrected chi connectivity index (χ3v) is 6.52. The fourth-order valence-corrected chi connectivity index (χ4v) is 5.18. The highest BCUT2D eigenvalue weighted by molar-refractivity contribution is 8.03. The first-order valence-electron chi connectivity index (χ1n) is 9.63. The zero-order valence-corrected chi connectivity index (χ0v) is 15.6. The number of fused-ring (bicyclic) bond motifs is 1. The van der Waals surface area contributed by atoms with Crippen LogP contribution < -0.4 is 5.32 Å².